The van der Waals surface area contributed by atoms with Crippen LogP contribution in [0.2, 0.25) is 0 Å². The van der Waals surface area contributed by atoms with E-state index in [1.165, 1.54) is 17.5 Å². The van der Waals surface area contributed by atoms with Crippen molar-refractivity contribution in [2.45, 2.75) is 6.42 Å². The number of thiophene rings is 1. The molecular weight excluding hydrogens is 332 g/mol. The van der Waals surface area contributed by atoms with Crippen LogP contribution in [0.4, 0.5) is 0 Å². The van der Waals surface area contributed by atoms with Crippen LogP contribution in [-0.2, 0) is 11.2 Å². The van der Waals surface area contributed by atoms with Crippen molar-refractivity contribution in [3.8, 4) is 10.6 Å². The van der Waals surface area contributed by atoms with Gasteiger partial charge in [-0.25, -0.2) is 4.98 Å². The summed E-state index contributed by atoms with van der Waals surface area (Å²) in [4.78, 5) is 31.9. The number of hydrazine groups is 1. The largest absolute Gasteiger partial charge is 0.273 e. The normalized spacial score (nSPS) is 10.3. The highest BCUT2D eigenvalue weighted by Gasteiger charge is 2.11. The molecular formula is C15H12N4O2S2. The summed E-state index contributed by atoms with van der Waals surface area (Å²) in [7, 11) is 0. The van der Waals surface area contributed by atoms with Crippen LogP contribution in [0, 0.1) is 0 Å². The molecule has 0 fully saturated rings. The number of hydrogen-bond donors (Lipinski definition) is 2. The molecule has 3 rings (SSSR count). The third-order valence-corrected chi connectivity index (χ3v) is 4.52. The van der Waals surface area contributed by atoms with Crippen molar-refractivity contribution >= 4 is 34.5 Å². The van der Waals surface area contributed by atoms with E-state index in [0.717, 1.165) is 10.6 Å². The first-order chi connectivity index (χ1) is 11.2. The Morgan fingerprint density at radius 1 is 1.17 bits per heavy atom. The molecule has 0 aliphatic rings. The van der Waals surface area contributed by atoms with E-state index in [1.54, 1.807) is 29.7 Å². The highest BCUT2D eigenvalue weighted by atomic mass is 32.1. The molecule has 2 amide bonds. The molecule has 23 heavy (non-hydrogen) atoms. The van der Waals surface area contributed by atoms with Crippen LogP contribution in [0.25, 0.3) is 10.6 Å². The lowest BCUT2D eigenvalue weighted by Crippen LogP contribution is -2.42. The van der Waals surface area contributed by atoms with Gasteiger partial charge in [-0.15, -0.1) is 11.3 Å². The van der Waals surface area contributed by atoms with E-state index in [-0.39, 0.29) is 12.3 Å². The van der Waals surface area contributed by atoms with E-state index in [9.17, 15) is 9.59 Å². The number of nitrogens with one attached hydrogen (secondary N) is 2. The molecule has 0 bridgehead atoms. The lowest BCUT2D eigenvalue weighted by atomic mass is 10.3. The van der Waals surface area contributed by atoms with Gasteiger partial charge in [0.25, 0.3) is 5.91 Å². The number of rotatable bonds is 4. The zero-order valence-corrected chi connectivity index (χ0v) is 13.5. The van der Waals surface area contributed by atoms with E-state index in [2.05, 4.69) is 20.8 Å². The molecule has 3 heterocycles. The summed E-state index contributed by atoms with van der Waals surface area (Å²) in [5.74, 6) is -0.743. The second-order valence-electron chi connectivity index (χ2n) is 4.58. The van der Waals surface area contributed by atoms with Gasteiger partial charge in [0.05, 0.1) is 17.7 Å². The molecule has 116 valence electrons. The van der Waals surface area contributed by atoms with Crippen molar-refractivity contribution in [3.05, 3.63) is 58.0 Å². The summed E-state index contributed by atoms with van der Waals surface area (Å²) in [6.07, 6.45) is 3.10. The minimum absolute atomic E-state index is 0.105. The second kappa shape index (κ2) is 7.12. The molecule has 0 unspecified atom stereocenters. The van der Waals surface area contributed by atoms with E-state index in [4.69, 9.17) is 0 Å². The van der Waals surface area contributed by atoms with Crippen molar-refractivity contribution in [3.63, 3.8) is 0 Å². The maximum atomic E-state index is 11.9. The van der Waals surface area contributed by atoms with Crippen molar-refractivity contribution in [1.82, 2.24) is 20.8 Å². The molecule has 2 N–H and O–H groups in total. The summed E-state index contributed by atoms with van der Waals surface area (Å²) in [6.45, 7) is 0. The first kappa shape index (κ1) is 15.3. The molecule has 3 aromatic heterocycles. The molecule has 0 saturated heterocycles. The van der Waals surface area contributed by atoms with E-state index >= 15 is 0 Å². The molecule has 8 heteroatoms. The Morgan fingerprint density at radius 3 is 2.83 bits per heavy atom. The molecule has 0 aliphatic heterocycles. The number of pyridine rings is 1. The molecule has 0 spiro atoms. The predicted molar refractivity (Wildman–Crippen MR) is 89.0 cm³/mol. The lowest BCUT2D eigenvalue weighted by molar-refractivity contribution is -0.121. The SMILES string of the molecule is O=C(Cc1csc(-c2ccsc2)n1)NNC(=O)c1cccnc1. The minimum Gasteiger partial charge on any atom is -0.273 e. The van der Waals surface area contributed by atoms with Gasteiger partial charge in [-0.1, -0.05) is 0 Å². The summed E-state index contributed by atoms with van der Waals surface area (Å²) in [5, 5.41) is 6.72. The predicted octanol–water partition coefficient (Wildman–Crippen LogP) is 2.27. The van der Waals surface area contributed by atoms with Gasteiger partial charge in [-0.2, -0.15) is 11.3 Å². The number of carbonyl (C=O) groups is 2. The Labute approximate surface area is 140 Å². The summed E-state index contributed by atoms with van der Waals surface area (Å²) in [6, 6.07) is 5.25. The molecule has 3 aromatic rings. The minimum atomic E-state index is -0.413. The van der Waals surface area contributed by atoms with Crippen molar-refractivity contribution in [2.24, 2.45) is 0 Å². The van der Waals surface area contributed by atoms with Gasteiger partial charge in [-0.05, 0) is 23.6 Å². The zero-order chi connectivity index (χ0) is 16.1. The number of carbonyl (C=O) groups excluding carboxylic acids is 2. The molecule has 0 aliphatic carbocycles. The van der Waals surface area contributed by atoms with E-state index in [1.807, 2.05) is 22.2 Å². The monoisotopic (exact) mass is 344 g/mol. The Morgan fingerprint density at radius 2 is 2.09 bits per heavy atom. The number of thiazole rings is 1. The van der Waals surface area contributed by atoms with Crippen LogP contribution in [-0.4, -0.2) is 21.8 Å². The zero-order valence-electron chi connectivity index (χ0n) is 11.9. The Balaban J connectivity index is 1.53. The molecule has 0 aromatic carbocycles. The number of hydrogen-bond acceptors (Lipinski definition) is 6. The smallest absolute Gasteiger partial charge is 0.271 e. The fourth-order valence-corrected chi connectivity index (χ4v) is 3.34. The third-order valence-electron chi connectivity index (χ3n) is 2.90. The second-order valence-corrected chi connectivity index (χ2v) is 6.21. The van der Waals surface area contributed by atoms with Crippen LogP contribution in [0.1, 0.15) is 16.1 Å². The van der Waals surface area contributed by atoms with Crippen LogP contribution >= 0.6 is 22.7 Å². The fraction of sp³-hybridized carbons (Fsp3) is 0.0667. The standard InChI is InChI=1S/C15H12N4O2S2/c20-13(18-19-14(21)10-2-1-4-16-7-10)6-12-9-23-15(17-12)11-3-5-22-8-11/h1-5,7-9H,6H2,(H,18,20)(H,19,21). The van der Waals surface area contributed by atoms with Crippen LogP contribution < -0.4 is 10.9 Å². The van der Waals surface area contributed by atoms with Crippen molar-refractivity contribution in [1.29, 1.82) is 0 Å². The summed E-state index contributed by atoms with van der Waals surface area (Å²) >= 11 is 3.09. The Kier molecular flexibility index (Phi) is 4.74. The van der Waals surface area contributed by atoms with Crippen molar-refractivity contribution in [2.75, 3.05) is 0 Å². The summed E-state index contributed by atoms with van der Waals surface area (Å²) in [5.41, 5.74) is 6.83. The summed E-state index contributed by atoms with van der Waals surface area (Å²) < 4.78 is 0. The van der Waals surface area contributed by atoms with Crippen LogP contribution in [0.5, 0.6) is 0 Å². The topological polar surface area (TPSA) is 84.0 Å². The quantitative estimate of drug-likeness (QED) is 0.711. The van der Waals surface area contributed by atoms with E-state index in [0.29, 0.717) is 11.3 Å². The maximum absolute atomic E-state index is 11.9. The molecule has 6 nitrogen and oxygen atoms in total. The molecule has 0 radical (unpaired) electrons. The number of amides is 2. The van der Waals surface area contributed by atoms with Gasteiger partial charge in [0.15, 0.2) is 0 Å². The van der Waals surface area contributed by atoms with Gasteiger partial charge in [0, 0.05) is 28.7 Å². The van der Waals surface area contributed by atoms with E-state index < -0.39 is 5.91 Å². The van der Waals surface area contributed by atoms with Gasteiger partial charge >= 0.3 is 0 Å². The Hall–Kier alpha value is -2.58. The average molecular weight is 344 g/mol. The highest BCUT2D eigenvalue weighted by Crippen LogP contribution is 2.25. The fourth-order valence-electron chi connectivity index (χ4n) is 1.81. The highest BCUT2D eigenvalue weighted by molar-refractivity contribution is 7.14. The average Bonchev–Trinajstić information content (AvgIpc) is 3.24. The third kappa shape index (κ3) is 3.99. The van der Waals surface area contributed by atoms with Gasteiger partial charge in [0.2, 0.25) is 5.91 Å². The number of aromatic nitrogens is 2. The van der Waals surface area contributed by atoms with Gasteiger partial charge in [0.1, 0.15) is 5.01 Å². The lowest BCUT2D eigenvalue weighted by Gasteiger charge is -2.06. The van der Waals surface area contributed by atoms with Crippen LogP contribution in [0.15, 0.2) is 46.7 Å². The first-order valence-corrected chi connectivity index (χ1v) is 8.51. The van der Waals surface area contributed by atoms with Gasteiger partial charge < -0.3 is 0 Å². The Bertz CT molecular complexity index is 800. The van der Waals surface area contributed by atoms with Crippen LogP contribution in [0.3, 0.4) is 0 Å². The van der Waals surface area contributed by atoms with Gasteiger partial charge in [-0.3, -0.25) is 25.4 Å². The molecule has 0 atom stereocenters. The number of nitrogens with zero attached hydrogens (tertiary/aromatic N) is 2. The maximum Gasteiger partial charge on any atom is 0.271 e. The first-order valence-electron chi connectivity index (χ1n) is 6.68. The van der Waals surface area contributed by atoms with Crippen molar-refractivity contribution < 1.29 is 9.59 Å². The molecule has 0 saturated carbocycles.